The van der Waals surface area contributed by atoms with Crippen LogP contribution in [0.4, 0.5) is 0 Å². The van der Waals surface area contributed by atoms with Crippen LogP contribution in [-0.4, -0.2) is 50.2 Å². The Kier molecular flexibility index (Phi) is 7.36. The maximum Gasteiger partial charge on any atom is 0.338 e. The molecule has 6 nitrogen and oxygen atoms in total. The van der Waals surface area contributed by atoms with E-state index in [2.05, 4.69) is 10.2 Å². The SMILES string of the molecule is COC(=O)c1cc(CNC(=O)/C=C/c2cccs2)ccc1CN1CCOCC1. The molecule has 1 aromatic heterocycles. The number of nitrogens with one attached hydrogen (secondary N) is 1. The number of esters is 1. The van der Waals surface area contributed by atoms with Crippen molar-refractivity contribution in [3.63, 3.8) is 0 Å². The van der Waals surface area contributed by atoms with Crippen LogP contribution in [0.25, 0.3) is 6.08 Å². The van der Waals surface area contributed by atoms with Gasteiger partial charge in [-0.2, -0.15) is 0 Å². The van der Waals surface area contributed by atoms with E-state index < -0.39 is 0 Å². The molecule has 0 unspecified atom stereocenters. The molecule has 0 radical (unpaired) electrons. The van der Waals surface area contributed by atoms with Crippen molar-refractivity contribution in [3.8, 4) is 0 Å². The summed E-state index contributed by atoms with van der Waals surface area (Å²) in [6.45, 7) is 4.11. The van der Waals surface area contributed by atoms with Crippen molar-refractivity contribution in [2.45, 2.75) is 13.1 Å². The molecule has 1 fully saturated rings. The number of amides is 1. The van der Waals surface area contributed by atoms with E-state index in [0.29, 0.717) is 31.9 Å². The molecule has 1 aliphatic rings. The van der Waals surface area contributed by atoms with Gasteiger partial charge in [-0.15, -0.1) is 11.3 Å². The lowest BCUT2D eigenvalue weighted by atomic mass is 10.0. The molecule has 1 aliphatic heterocycles. The lowest BCUT2D eigenvalue weighted by Crippen LogP contribution is -2.36. The number of hydrogen-bond acceptors (Lipinski definition) is 6. The highest BCUT2D eigenvalue weighted by atomic mass is 32.1. The van der Waals surface area contributed by atoms with Crippen LogP contribution < -0.4 is 5.32 Å². The summed E-state index contributed by atoms with van der Waals surface area (Å²) in [5, 5.41) is 4.81. The maximum atomic E-state index is 12.2. The van der Waals surface area contributed by atoms with Crippen LogP contribution >= 0.6 is 11.3 Å². The number of ether oxygens (including phenoxy) is 2. The number of methoxy groups -OCH3 is 1. The van der Waals surface area contributed by atoms with Crippen molar-refractivity contribution in [1.82, 2.24) is 10.2 Å². The van der Waals surface area contributed by atoms with Gasteiger partial charge in [0.15, 0.2) is 0 Å². The first-order chi connectivity index (χ1) is 13.7. The van der Waals surface area contributed by atoms with Crippen LogP contribution in [0.15, 0.2) is 41.8 Å². The van der Waals surface area contributed by atoms with Crippen molar-refractivity contribution in [2.75, 3.05) is 33.4 Å². The fraction of sp³-hybridized carbons (Fsp3) is 0.333. The van der Waals surface area contributed by atoms with Crippen molar-refractivity contribution in [1.29, 1.82) is 0 Å². The Labute approximate surface area is 168 Å². The van der Waals surface area contributed by atoms with E-state index in [9.17, 15) is 9.59 Å². The molecule has 7 heteroatoms. The van der Waals surface area contributed by atoms with Gasteiger partial charge in [0.05, 0.1) is 25.9 Å². The second-order valence-electron chi connectivity index (χ2n) is 6.44. The van der Waals surface area contributed by atoms with E-state index in [0.717, 1.165) is 29.1 Å². The molecule has 1 amide bonds. The van der Waals surface area contributed by atoms with E-state index in [1.165, 1.54) is 13.2 Å². The zero-order valence-electron chi connectivity index (χ0n) is 15.8. The van der Waals surface area contributed by atoms with Gasteiger partial charge in [-0.1, -0.05) is 18.2 Å². The highest BCUT2D eigenvalue weighted by molar-refractivity contribution is 7.10. The van der Waals surface area contributed by atoms with E-state index in [1.54, 1.807) is 23.5 Å². The van der Waals surface area contributed by atoms with Gasteiger partial charge in [0.25, 0.3) is 0 Å². The molecule has 1 aromatic carbocycles. The summed E-state index contributed by atoms with van der Waals surface area (Å²) in [6, 6.07) is 9.56. The molecule has 0 atom stereocenters. The molecule has 0 spiro atoms. The molecular formula is C21H24N2O4S. The fourth-order valence-corrected chi connectivity index (χ4v) is 3.58. The first-order valence-electron chi connectivity index (χ1n) is 9.15. The van der Waals surface area contributed by atoms with Crippen LogP contribution in [-0.2, 0) is 27.4 Å². The Morgan fingerprint density at radius 2 is 2.11 bits per heavy atom. The van der Waals surface area contributed by atoms with Gasteiger partial charge < -0.3 is 14.8 Å². The molecule has 148 valence electrons. The van der Waals surface area contributed by atoms with Crippen molar-refractivity contribution in [2.24, 2.45) is 0 Å². The van der Waals surface area contributed by atoms with Crippen molar-refractivity contribution >= 4 is 29.3 Å². The molecule has 0 saturated carbocycles. The fourth-order valence-electron chi connectivity index (χ4n) is 2.96. The first-order valence-corrected chi connectivity index (χ1v) is 10.0. The second kappa shape index (κ2) is 10.2. The number of carbonyl (C=O) groups excluding carboxylic acids is 2. The van der Waals surface area contributed by atoms with E-state index >= 15 is 0 Å². The summed E-state index contributed by atoms with van der Waals surface area (Å²) < 4.78 is 10.3. The molecule has 1 saturated heterocycles. The Balaban J connectivity index is 1.64. The molecule has 0 bridgehead atoms. The number of morpholine rings is 1. The predicted octanol–water partition coefficient (Wildman–Crippen LogP) is 2.70. The topological polar surface area (TPSA) is 67.9 Å². The van der Waals surface area contributed by atoms with Crippen LogP contribution in [0.5, 0.6) is 0 Å². The van der Waals surface area contributed by atoms with Gasteiger partial charge in [-0.05, 0) is 34.7 Å². The number of carbonyl (C=O) groups is 2. The normalized spacial score (nSPS) is 14.9. The highest BCUT2D eigenvalue weighted by Crippen LogP contribution is 2.17. The van der Waals surface area contributed by atoms with Gasteiger partial charge in [-0.25, -0.2) is 4.79 Å². The summed E-state index contributed by atoms with van der Waals surface area (Å²) in [7, 11) is 1.38. The van der Waals surface area contributed by atoms with Crippen LogP contribution in [0.1, 0.15) is 26.4 Å². The van der Waals surface area contributed by atoms with Crippen LogP contribution in [0, 0.1) is 0 Å². The molecule has 2 aromatic rings. The molecule has 3 rings (SSSR count). The Bertz CT molecular complexity index is 827. The van der Waals surface area contributed by atoms with Gasteiger partial charge in [0.2, 0.25) is 5.91 Å². The number of benzene rings is 1. The first kappa shape index (κ1) is 20.3. The van der Waals surface area contributed by atoms with Crippen LogP contribution in [0.3, 0.4) is 0 Å². The molecule has 28 heavy (non-hydrogen) atoms. The maximum absolute atomic E-state index is 12.2. The minimum Gasteiger partial charge on any atom is -0.465 e. The summed E-state index contributed by atoms with van der Waals surface area (Å²) in [4.78, 5) is 27.5. The van der Waals surface area contributed by atoms with E-state index in [-0.39, 0.29) is 11.9 Å². The molecular weight excluding hydrogens is 376 g/mol. The third-order valence-electron chi connectivity index (χ3n) is 4.49. The average molecular weight is 401 g/mol. The van der Waals surface area contributed by atoms with Crippen molar-refractivity contribution < 1.29 is 19.1 Å². The predicted molar refractivity (Wildman–Crippen MR) is 109 cm³/mol. The largest absolute Gasteiger partial charge is 0.465 e. The van der Waals surface area contributed by atoms with Gasteiger partial charge >= 0.3 is 5.97 Å². The monoisotopic (exact) mass is 400 g/mol. The van der Waals surface area contributed by atoms with E-state index in [1.807, 2.05) is 29.6 Å². The minimum absolute atomic E-state index is 0.176. The smallest absolute Gasteiger partial charge is 0.338 e. The average Bonchev–Trinajstić information content (AvgIpc) is 3.25. The Morgan fingerprint density at radius 3 is 2.82 bits per heavy atom. The summed E-state index contributed by atoms with van der Waals surface area (Å²) in [5.74, 6) is -0.542. The Morgan fingerprint density at radius 1 is 1.29 bits per heavy atom. The number of thiophene rings is 1. The van der Waals surface area contributed by atoms with Crippen molar-refractivity contribution in [3.05, 3.63) is 63.4 Å². The minimum atomic E-state index is -0.367. The molecule has 1 N–H and O–H groups in total. The quantitative estimate of drug-likeness (QED) is 0.572. The van der Waals surface area contributed by atoms with Gasteiger partial charge in [0, 0.05) is 37.1 Å². The summed E-state index contributed by atoms with van der Waals surface area (Å²) in [6.07, 6.45) is 3.30. The highest BCUT2D eigenvalue weighted by Gasteiger charge is 2.17. The lowest BCUT2D eigenvalue weighted by molar-refractivity contribution is -0.116. The van der Waals surface area contributed by atoms with Gasteiger partial charge in [-0.3, -0.25) is 9.69 Å². The van der Waals surface area contributed by atoms with E-state index in [4.69, 9.17) is 9.47 Å². The Hall–Kier alpha value is -2.48. The molecule has 2 heterocycles. The number of hydrogen-bond donors (Lipinski definition) is 1. The number of rotatable bonds is 7. The summed E-state index contributed by atoms with van der Waals surface area (Å²) in [5.41, 5.74) is 2.31. The van der Waals surface area contributed by atoms with Crippen LogP contribution in [0.2, 0.25) is 0 Å². The summed E-state index contributed by atoms with van der Waals surface area (Å²) >= 11 is 1.57. The molecule has 0 aliphatic carbocycles. The standard InChI is InChI=1S/C21H24N2O4S/c1-26-21(25)19-13-16(4-5-17(19)15-23-8-10-27-11-9-23)14-22-20(24)7-6-18-3-2-12-28-18/h2-7,12-13H,8-11,14-15H2,1H3,(H,22,24)/b7-6+. The second-order valence-corrected chi connectivity index (χ2v) is 7.42. The zero-order chi connectivity index (χ0) is 19.8. The third kappa shape index (κ3) is 5.76. The van der Waals surface area contributed by atoms with Gasteiger partial charge in [0.1, 0.15) is 0 Å². The number of nitrogens with zero attached hydrogens (tertiary/aromatic N) is 1. The zero-order valence-corrected chi connectivity index (χ0v) is 16.7. The lowest BCUT2D eigenvalue weighted by Gasteiger charge is -2.27. The third-order valence-corrected chi connectivity index (χ3v) is 5.32.